The van der Waals surface area contributed by atoms with E-state index in [4.69, 9.17) is 4.42 Å². The molecule has 0 aliphatic rings. The molecule has 27 heavy (non-hydrogen) atoms. The summed E-state index contributed by atoms with van der Waals surface area (Å²) in [5, 5.41) is 14.5. The standard InChI is InChI=1S/C20H17N3O4/c1-14(16-5-3-2-4-6-16)18-11-12-19(27-18)20(24)22-21-13-15-7-9-17(10-8-15)23(25)26/h2-14H,1H3,(H,22,24)/b21-13+. The number of amides is 1. The lowest BCUT2D eigenvalue weighted by atomic mass is 9.99. The lowest BCUT2D eigenvalue weighted by Crippen LogP contribution is -2.16. The first-order valence-electron chi connectivity index (χ1n) is 8.27. The Bertz CT molecular complexity index is 962. The van der Waals surface area contributed by atoms with E-state index in [0.29, 0.717) is 11.3 Å². The van der Waals surface area contributed by atoms with Gasteiger partial charge in [0.2, 0.25) is 0 Å². The summed E-state index contributed by atoms with van der Waals surface area (Å²) in [5.74, 6) is 0.398. The fourth-order valence-corrected chi connectivity index (χ4v) is 2.52. The van der Waals surface area contributed by atoms with Crippen molar-refractivity contribution in [3.8, 4) is 0 Å². The van der Waals surface area contributed by atoms with Crippen molar-refractivity contribution in [2.75, 3.05) is 0 Å². The molecule has 1 N–H and O–H groups in total. The highest BCUT2D eigenvalue weighted by Gasteiger charge is 2.16. The Morgan fingerprint density at radius 1 is 1.11 bits per heavy atom. The second-order valence-electron chi connectivity index (χ2n) is 5.88. The Labute approximate surface area is 155 Å². The van der Waals surface area contributed by atoms with E-state index in [1.807, 2.05) is 37.3 Å². The quantitative estimate of drug-likeness (QED) is 0.405. The summed E-state index contributed by atoms with van der Waals surface area (Å²) in [7, 11) is 0. The van der Waals surface area contributed by atoms with E-state index in [0.717, 1.165) is 5.56 Å². The van der Waals surface area contributed by atoms with Crippen LogP contribution in [0.3, 0.4) is 0 Å². The van der Waals surface area contributed by atoms with Gasteiger partial charge < -0.3 is 4.42 Å². The van der Waals surface area contributed by atoms with Gasteiger partial charge in [-0.25, -0.2) is 5.43 Å². The van der Waals surface area contributed by atoms with Crippen LogP contribution < -0.4 is 5.43 Å². The van der Waals surface area contributed by atoms with Gasteiger partial charge in [0.05, 0.1) is 11.1 Å². The van der Waals surface area contributed by atoms with Crippen molar-refractivity contribution in [2.24, 2.45) is 5.10 Å². The van der Waals surface area contributed by atoms with E-state index in [1.165, 1.54) is 18.3 Å². The minimum atomic E-state index is -0.479. The lowest BCUT2D eigenvalue weighted by Gasteiger charge is -2.08. The van der Waals surface area contributed by atoms with Crippen LogP contribution in [0.5, 0.6) is 0 Å². The van der Waals surface area contributed by atoms with Gasteiger partial charge in [-0.2, -0.15) is 5.10 Å². The number of hydrogen-bond donors (Lipinski definition) is 1. The van der Waals surface area contributed by atoms with E-state index in [-0.39, 0.29) is 17.4 Å². The zero-order valence-corrected chi connectivity index (χ0v) is 14.5. The van der Waals surface area contributed by atoms with Gasteiger partial charge in [-0.15, -0.1) is 0 Å². The SMILES string of the molecule is CC(c1ccccc1)c1ccc(C(=O)N/N=C/c2ccc([N+](=O)[O-])cc2)o1. The summed E-state index contributed by atoms with van der Waals surface area (Å²) >= 11 is 0. The number of nitro groups is 1. The fourth-order valence-electron chi connectivity index (χ4n) is 2.52. The van der Waals surface area contributed by atoms with E-state index < -0.39 is 10.8 Å². The number of carbonyl (C=O) groups excluding carboxylic acids is 1. The van der Waals surface area contributed by atoms with Gasteiger partial charge >= 0.3 is 5.91 Å². The summed E-state index contributed by atoms with van der Waals surface area (Å²) in [6, 6.07) is 19.0. The van der Waals surface area contributed by atoms with Crippen LogP contribution in [0.4, 0.5) is 5.69 Å². The number of benzene rings is 2. The Morgan fingerprint density at radius 2 is 1.81 bits per heavy atom. The van der Waals surface area contributed by atoms with Gasteiger partial charge in [0.1, 0.15) is 5.76 Å². The van der Waals surface area contributed by atoms with E-state index in [1.54, 1.807) is 24.3 Å². The maximum Gasteiger partial charge on any atom is 0.307 e. The van der Waals surface area contributed by atoms with Gasteiger partial charge in [0, 0.05) is 18.1 Å². The summed E-state index contributed by atoms with van der Waals surface area (Å²) in [5.41, 5.74) is 4.09. The van der Waals surface area contributed by atoms with Crippen LogP contribution >= 0.6 is 0 Å². The number of hydrazone groups is 1. The highest BCUT2D eigenvalue weighted by molar-refractivity contribution is 5.92. The molecule has 1 amide bonds. The number of furan rings is 1. The molecule has 0 radical (unpaired) electrons. The van der Waals surface area contributed by atoms with Crippen molar-refractivity contribution >= 4 is 17.8 Å². The maximum absolute atomic E-state index is 12.1. The Kier molecular flexibility index (Phi) is 5.41. The van der Waals surface area contributed by atoms with Crippen molar-refractivity contribution in [3.05, 3.63) is 99.5 Å². The number of hydrogen-bond acceptors (Lipinski definition) is 5. The minimum Gasteiger partial charge on any atom is -0.455 e. The molecule has 0 bridgehead atoms. The smallest absolute Gasteiger partial charge is 0.307 e. The second kappa shape index (κ2) is 8.09. The molecule has 3 rings (SSSR count). The number of rotatable bonds is 6. The third kappa shape index (κ3) is 4.46. The van der Waals surface area contributed by atoms with Crippen molar-refractivity contribution in [1.29, 1.82) is 0 Å². The van der Waals surface area contributed by atoms with Gasteiger partial charge in [-0.1, -0.05) is 37.3 Å². The molecule has 1 atom stereocenters. The predicted octanol–water partition coefficient (Wildman–Crippen LogP) is 4.10. The lowest BCUT2D eigenvalue weighted by molar-refractivity contribution is -0.384. The van der Waals surface area contributed by atoms with Crippen molar-refractivity contribution in [1.82, 2.24) is 5.43 Å². The first kappa shape index (κ1) is 18.1. The zero-order chi connectivity index (χ0) is 19.2. The van der Waals surface area contributed by atoms with Crippen LogP contribution in [0.15, 0.2) is 76.2 Å². The molecule has 1 aromatic heterocycles. The molecule has 2 aromatic carbocycles. The molecule has 7 nitrogen and oxygen atoms in total. The number of nitrogens with one attached hydrogen (secondary N) is 1. The molecular weight excluding hydrogens is 346 g/mol. The fraction of sp³-hybridized carbons (Fsp3) is 0.100. The zero-order valence-electron chi connectivity index (χ0n) is 14.5. The van der Waals surface area contributed by atoms with E-state index in [2.05, 4.69) is 10.5 Å². The Morgan fingerprint density at radius 3 is 2.48 bits per heavy atom. The first-order valence-corrected chi connectivity index (χ1v) is 8.27. The average molecular weight is 363 g/mol. The largest absolute Gasteiger partial charge is 0.455 e. The normalized spacial score (nSPS) is 12.0. The third-order valence-electron chi connectivity index (χ3n) is 4.06. The first-order chi connectivity index (χ1) is 13.0. The minimum absolute atomic E-state index is 0.00756. The summed E-state index contributed by atoms with van der Waals surface area (Å²) in [4.78, 5) is 22.3. The van der Waals surface area contributed by atoms with Crippen LogP contribution in [-0.2, 0) is 0 Å². The molecule has 0 saturated carbocycles. The molecule has 7 heteroatoms. The molecule has 3 aromatic rings. The summed E-state index contributed by atoms with van der Waals surface area (Å²) in [6.07, 6.45) is 1.40. The number of non-ortho nitro benzene ring substituents is 1. The van der Waals surface area contributed by atoms with Gasteiger partial charge in [0.25, 0.3) is 5.69 Å². The molecule has 136 valence electrons. The molecule has 0 spiro atoms. The highest BCUT2D eigenvalue weighted by Crippen LogP contribution is 2.25. The molecule has 0 aliphatic heterocycles. The molecular formula is C20H17N3O4. The number of nitro benzene ring substituents is 1. The highest BCUT2D eigenvalue weighted by atomic mass is 16.6. The molecule has 0 saturated heterocycles. The number of nitrogens with zero attached hydrogens (tertiary/aromatic N) is 2. The molecule has 1 unspecified atom stereocenters. The Hall–Kier alpha value is -3.74. The predicted molar refractivity (Wildman–Crippen MR) is 101 cm³/mol. The third-order valence-corrected chi connectivity index (χ3v) is 4.06. The van der Waals surface area contributed by atoms with Crippen molar-refractivity contribution in [2.45, 2.75) is 12.8 Å². The van der Waals surface area contributed by atoms with Crippen LogP contribution in [0, 0.1) is 10.1 Å². The Balaban J connectivity index is 1.61. The van der Waals surface area contributed by atoms with E-state index >= 15 is 0 Å². The molecule has 0 aliphatic carbocycles. The average Bonchev–Trinajstić information content (AvgIpc) is 3.19. The molecule has 1 heterocycles. The van der Waals surface area contributed by atoms with E-state index in [9.17, 15) is 14.9 Å². The summed E-state index contributed by atoms with van der Waals surface area (Å²) < 4.78 is 5.65. The molecule has 0 fully saturated rings. The van der Waals surface area contributed by atoms with Gasteiger partial charge in [-0.05, 0) is 35.4 Å². The number of carbonyl (C=O) groups is 1. The topological polar surface area (TPSA) is 97.7 Å². The second-order valence-corrected chi connectivity index (χ2v) is 5.88. The summed E-state index contributed by atoms with van der Waals surface area (Å²) in [6.45, 7) is 2.00. The van der Waals surface area contributed by atoms with Crippen LogP contribution in [-0.4, -0.2) is 17.0 Å². The van der Waals surface area contributed by atoms with Crippen molar-refractivity contribution < 1.29 is 14.1 Å². The van der Waals surface area contributed by atoms with Crippen LogP contribution in [0.2, 0.25) is 0 Å². The van der Waals surface area contributed by atoms with Gasteiger partial charge in [0.15, 0.2) is 5.76 Å². The van der Waals surface area contributed by atoms with Crippen molar-refractivity contribution in [3.63, 3.8) is 0 Å². The maximum atomic E-state index is 12.1. The monoisotopic (exact) mass is 363 g/mol. The van der Waals surface area contributed by atoms with Crippen LogP contribution in [0.25, 0.3) is 0 Å². The van der Waals surface area contributed by atoms with Gasteiger partial charge in [-0.3, -0.25) is 14.9 Å². The van der Waals surface area contributed by atoms with Crippen LogP contribution in [0.1, 0.15) is 40.3 Å².